The summed E-state index contributed by atoms with van der Waals surface area (Å²) in [5, 5.41) is 4.58. The molecule has 3 rings (SSSR count). The molecule has 0 bridgehead atoms. The molecule has 0 N–H and O–H groups in total. The molecule has 0 aliphatic rings. The van der Waals surface area contributed by atoms with E-state index in [1.807, 2.05) is 30.3 Å². The number of benzene rings is 1. The Kier molecular flexibility index (Phi) is 3.42. The van der Waals surface area contributed by atoms with Crippen LogP contribution in [0.4, 0.5) is 0 Å². The van der Waals surface area contributed by atoms with E-state index >= 15 is 0 Å². The van der Waals surface area contributed by atoms with E-state index in [2.05, 4.69) is 15.1 Å². The summed E-state index contributed by atoms with van der Waals surface area (Å²) in [5.41, 5.74) is 1.11. The summed E-state index contributed by atoms with van der Waals surface area (Å²) >= 11 is 0. The quantitative estimate of drug-likeness (QED) is 0.446. The topological polar surface area (TPSA) is 61.9 Å². The molecule has 0 atom stereocenters. The second-order valence-electron chi connectivity index (χ2n) is 3.31. The van der Waals surface area contributed by atoms with Crippen molar-refractivity contribution in [1.82, 2.24) is 19.7 Å². The molecule has 0 aliphatic heterocycles. The standard InChI is InChI=1S/C11H8N4O.Na/c16-11-9-6-14-15(10(9)12-7-13-11)8-4-2-1-3-5-8;/h1-7H,(H,12,13,14,16);/q;+1/p-1. The molecule has 17 heavy (non-hydrogen) atoms. The minimum absolute atomic E-state index is 0. The zero-order chi connectivity index (χ0) is 11.0. The van der Waals surface area contributed by atoms with Crippen LogP contribution in [0, 0.1) is 0 Å². The third-order valence-corrected chi connectivity index (χ3v) is 2.33. The van der Waals surface area contributed by atoms with E-state index in [0.29, 0.717) is 11.0 Å². The maximum atomic E-state index is 11.4. The average molecular weight is 234 g/mol. The van der Waals surface area contributed by atoms with Crippen molar-refractivity contribution in [3.8, 4) is 5.69 Å². The van der Waals surface area contributed by atoms with Crippen LogP contribution in [0.5, 0.6) is 0 Å². The maximum absolute atomic E-state index is 11.4. The van der Waals surface area contributed by atoms with Crippen LogP contribution in [0.3, 0.4) is 0 Å². The van der Waals surface area contributed by atoms with Crippen molar-refractivity contribution in [2.45, 2.75) is 0 Å². The molecule has 5 nitrogen and oxygen atoms in total. The number of rotatable bonds is 1. The molecule has 0 fully saturated rings. The fraction of sp³-hybridized carbons (Fsp3) is 0. The first kappa shape index (κ1) is 12.0. The molecular formula is C11H7N4NaO. The monoisotopic (exact) mass is 234 g/mol. The van der Waals surface area contributed by atoms with E-state index in [1.54, 1.807) is 4.68 Å². The summed E-state index contributed by atoms with van der Waals surface area (Å²) in [6, 6.07) is 9.53. The Morgan fingerprint density at radius 3 is 2.71 bits per heavy atom. The van der Waals surface area contributed by atoms with E-state index in [1.165, 1.54) is 12.5 Å². The van der Waals surface area contributed by atoms with Gasteiger partial charge < -0.3 is 9.97 Å². The van der Waals surface area contributed by atoms with E-state index < -0.39 is 0 Å². The van der Waals surface area contributed by atoms with Crippen LogP contribution in [0.1, 0.15) is 0 Å². The van der Waals surface area contributed by atoms with Crippen LogP contribution in [0.15, 0.2) is 47.7 Å². The third-order valence-electron chi connectivity index (χ3n) is 2.33. The first-order chi connectivity index (χ1) is 7.86. The van der Waals surface area contributed by atoms with Crippen molar-refractivity contribution < 1.29 is 29.6 Å². The second-order valence-corrected chi connectivity index (χ2v) is 3.31. The molecule has 0 unspecified atom stereocenters. The van der Waals surface area contributed by atoms with Gasteiger partial charge in [-0.1, -0.05) is 24.5 Å². The van der Waals surface area contributed by atoms with Gasteiger partial charge in [0.1, 0.15) is 0 Å². The number of hydrogen-bond acceptors (Lipinski definition) is 3. The zero-order valence-electron chi connectivity index (χ0n) is 9.24. The molecule has 3 aromatic rings. The molecular weight excluding hydrogens is 227 g/mol. The van der Waals surface area contributed by atoms with Crippen molar-refractivity contribution >= 4 is 11.0 Å². The van der Waals surface area contributed by atoms with Gasteiger partial charge in [0.2, 0.25) is 0 Å². The molecule has 2 heterocycles. The minimum Gasteiger partial charge on any atom is -0.426 e. The predicted octanol–water partition coefficient (Wildman–Crippen LogP) is -2.26. The Hall–Kier alpha value is -1.43. The SMILES string of the molecule is O=c1[n-]cnc2c1cnn2-c1ccccc1.[Na+]. The van der Waals surface area contributed by atoms with Gasteiger partial charge in [0.15, 0.2) is 5.56 Å². The van der Waals surface area contributed by atoms with Gasteiger partial charge in [-0.05, 0) is 12.1 Å². The van der Waals surface area contributed by atoms with Crippen LogP contribution in [0.25, 0.3) is 16.7 Å². The molecule has 0 amide bonds. The first-order valence-corrected chi connectivity index (χ1v) is 4.77. The summed E-state index contributed by atoms with van der Waals surface area (Å²) in [5.74, 6) is 0. The largest absolute Gasteiger partial charge is 1.00 e. The molecule has 0 radical (unpaired) electrons. The fourth-order valence-corrected chi connectivity index (χ4v) is 1.58. The number of nitrogens with zero attached hydrogens (tertiary/aromatic N) is 4. The first-order valence-electron chi connectivity index (χ1n) is 4.77. The van der Waals surface area contributed by atoms with Gasteiger partial charge in [-0.15, -0.1) is 0 Å². The second kappa shape index (κ2) is 4.83. The van der Waals surface area contributed by atoms with Crippen molar-refractivity contribution in [1.29, 1.82) is 0 Å². The average Bonchev–Trinajstić information content (AvgIpc) is 2.75. The van der Waals surface area contributed by atoms with Crippen LogP contribution in [0.2, 0.25) is 0 Å². The number of aromatic nitrogens is 4. The molecule has 0 saturated carbocycles. The Morgan fingerprint density at radius 1 is 1.18 bits per heavy atom. The molecule has 0 spiro atoms. The van der Waals surface area contributed by atoms with Crippen molar-refractivity contribution in [3.63, 3.8) is 0 Å². The smallest absolute Gasteiger partial charge is 0.426 e. The Bertz CT molecular complexity index is 689. The van der Waals surface area contributed by atoms with Crippen molar-refractivity contribution in [3.05, 3.63) is 53.2 Å². The minimum atomic E-state index is -0.299. The van der Waals surface area contributed by atoms with Crippen molar-refractivity contribution in [2.75, 3.05) is 0 Å². The molecule has 0 aliphatic carbocycles. The fourth-order valence-electron chi connectivity index (χ4n) is 1.58. The third kappa shape index (κ3) is 2.04. The van der Waals surface area contributed by atoms with Gasteiger partial charge in [-0.25, -0.2) is 4.68 Å². The summed E-state index contributed by atoms with van der Waals surface area (Å²) in [7, 11) is 0. The Morgan fingerprint density at radius 2 is 1.94 bits per heavy atom. The van der Waals surface area contributed by atoms with Gasteiger partial charge in [-0.2, -0.15) is 5.10 Å². The summed E-state index contributed by atoms with van der Waals surface area (Å²) < 4.78 is 1.62. The van der Waals surface area contributed by atoms with Gasteiger partial charge in [-0.3, -0.25) is 4.79 Å². The van der Waals surface area contributed by atoms with Gasteiger partial charge in [0, 0.05) is 0 Å². The number of para-hydroxylation sites is 1. The Balaban J connectivity index is 0.00000108. The molecule has 2 aromatic heterocycles. The van der Waals surface area contributed by atoms with E-state index in [4.69, 9.17) is 0 Å². The van der Waals surface area contributed by atoms with Gasteiger partial charge in [0.25, 0.3) is 0 Å². The molecule has 1 aromatic carbocycles. The maximum Gasteiger partial charge on any atom is 1.00 e. The van der Waals surface area contributed by atoms with Crippen LogP contribution in [-0.4, -0.2) is 14.8 Å². The molecule has 0 saturated heterocycles. The summed E-state index contributed by atoms with van der Waals surface area (Å²) in [6.07, 6.45) is 2.75. The van der Waals surface area contributed by atoms with E-state index in [9.17, 15) is 4.79 Å². The normalized spacial score (nSPS) is 10.1. The van der Waals surface area contributed by atoms with Crippen molar-refractivity contribution in [2.24, 2.45) is 0 Å². The summed E-state index contributed by atoms with van der Waals surface area (Å²) in [6.45, 7) is 0. The molecule has 78 valence electrons. The summed E-state index contributed by atoms with van der Waals surface area (Å²) in [4.78, 5) is 19.1. The van der Waals surface area contributed by atoms with Crippen LogP contribution >= 0.6 is 0 Å². The predicted molar refractivity (Wildman–Crippen MR) is 58.5 cm³/mol. The van der Waals surface area contributed by atoms with Crippen LogP contribution in [-0.2, 0) is 0 Å². The van der Waals surface area contributed by atoms with E-state index in [0.717, 1.165) is 5.69 Å². The van der Waals surface area contributed by atoms with Gasteiger partial charge in [0.05, 0.1) is 22.9 Å². The van der Waals surface area contributed by atoms with E-state index in [-0.39, 0.29) is 35.1 Å². The number of fused-ring (bicyclic) bond motifs is 1. The zero-order valence-corrected chi connectivity index (χ0v) is 11.2. The van der Waals surface area contributed by atoms with Crippen LogP contribution < -0.4 is 40.1 Å². The van der Waals surface area contributed by atoms with Gasteiger partial charge >= 0.3 is 29.6 Å². The Labute approximate surface area is 119 Å². The number of hydrogen-bond donors (Lipinski definition) is 0. The molecule has 6 heteroatoms.